The lowest BCUT2D eigenvalue weighted by molar-refractivity contribution is 0.0693. The Kier molecular flexibility index (Phi) is 4.66. The van der Waals surface area contributed by atoms with E-state index < -0.39 is 12.0 Å². The molecule has 0 radical (unpaired) electrons. The first-order valence-corrected chi connectivity index (χ1v) is 7.69. The number of carboxylic acids is 1. The average Bonchev–Trinajstić information content (AvgIpc) is 2.61. The molecule has 3 aromatic rings. The van der Waals surface area contributed by atoms with Crippen molar-refractivity contribution < 1.29 is 19.4 Å². The van der Waals surface area contributed by atoms with Gasteiger partial charge in [-0.05, 0) is 43.3 Å². The summed E-state index contributed by atoms with van der Waals surface area (Å²) in [6, 6.07) is 9.13. The van der Waals surface area contributed by atoms with Crippen molar-refractivity contribution in [1.82, 2.24) is 9.97 Å². The molecule has 0 fully saturated rings. The molecule has 1 aromatic carbocycles. The Morgan fingerprint density at radius 2 is 1.96 bits per heavy atom. The van der Waals surface area contributed by atoms with Crippen LogP contribution in [-0.2, 0) is 0 Å². The molecule has 8 nitrogen and oxygen atoms in total. The van der Waals surface area contributed by atoms with E-state index in [0.717, 1.165) is 5.69 Å². The van der Waals surface area contributed by atoms with Crippen molar-refractivity contribution in [3.05, 3.63) is 53.9 Å². The molecule has 0 atom stereocenters. The quantitative estimate of drug-likeness (QED) is 0.664. The van der Waals surface area contributed by atoms with Gasteiger partial charge in [-0.1, -0.05) is 0 Å². The maximum Gasteiger partial charge on any atom is 0.339 e. The van der Waals surface area contributed by atoms with Crippen LogP contribution in [0.3, 0.4) is 0 Å². The van der Waals surface area contributed by atoms with E-state index in [1.165, 1.54) is 19.2 Å². The highest BCUT2D eigenvalue weighted by Crippen LogP contribution is 2.24. The molecule has 0 bridgehead atoms. The van der Waals surface area contributed by atoms with Gasteiger partial charge < -0.3 is 20.5 Å². The third-order valence-corrected chi connectivity index (χ3v) is 3.63. The van der Waals surface area contributed by atoms with Crippen LogP contribution in [0.4, 0.5) is 16.2 Å². The predicted octanol–water partition coefficient (Wildman–Crippen LogP) is 3.29. The molecule has 2 aromatic heterocycles. The molecule has 0 aliphatic rings. The standard InChI is InChI=1S/C18H16N4O4/c1-10-8-14(16-13(20-10)4-3-7-19-16)22-18(25)21-11-5-6-15(26-2)12(9-11)17(23)24/h3-9H,1-2H3,(H,23,24)(H2,20,21,22,25). The number of aromatic nitrogens is 2. The molecule has 132 valence electrons. The van der Waals surface area contributed by atoms with Crippen molar-refractivity contribution in [2.24, 2.45) is 0 Å². The van der Waals surface area contributed by atoms with Gasteiger partial charge in [0.2, 0.25) is 0 Å². The number of hydrogen-bond acceptors (Lipinski definition) is 5. The van der Waals surface area contributed by atoms with E-state index >= 15 is 0 Å². The molecule has 2 amide bonds. The maximum atomic E-state index is 12.3. The van der Waals surface area contributed by atoms with Gasteiger partial charge >= 0.3 is 12.0 Å². The highest BCUT2D eigenvalue weighted by molar-refractivity contribution is 6.05. The SMILES string of the molecule is COc1ccc(NC(=O)Nc2cc(C)nc3cccnc23)cc1C(=O)O. The number of urea groups is 1. The molecule has 8 heteroatoms. The first kappa shape index (κ1) is 17.2. The highest BCUT2D eigenvalue weighted by Gasteiger charge is 2.14. The topological polar surface area (TPSA) is 113 Å². The number of pyridine rings is 2. The summed E-state index contributed by atoms with van der Waals surface area (Å²) in [5.41, 5.74) is 2.76. The van der Waals surface area contributed by atoms with Gasteiger partial charge in [-0.2, -0.15) is 0 Å². The zero-order chi connectivity index (χ0) is 18.7. The zero-order valence-electron chi connectivity index (χ0n) is 14.1. The molecule has 0 spiro atoms. The first-order chi connectivity index (χ1) is 12.5. The lowest BCUT2D eigenvalue weighted by Gasteiger charge is -2.11. The van der Waals surface area contributed by atoms with Gasteiger partial charge in [0.25, 0.3) is 0 Å². The minimum Gasteiger partial charge on any atom is -0.496 e. The largest absolute Gasteiger partial charge is 0.496 e. The fraction of sp³-hybridized carbons (Fsp3) is 0.111. The molecule has 2 heterocycles. The number of aromatic carboxylic acids is 1. The molecule has 3 rings (SSSR count). The van der Waals surface area contributed by atoms with Crippen molar-refractivity contribution in [2.45, 2.75) is 6.92 Å². The van der Waals surface area contributed by atoms with Crippen LogP contribution in [-0.4, -0.2) is 34.2 Å². The molecule has 0 aliphatic heterocycles. The van der Waals surface area contributed by atoms with E-state index in [9.17, 15) is 14.7 Å². The summed E-state index contributed by atoms with van der Waals surface area (Å²) in [6.07, 6.45) is 1.62. The van der Waals surface area contributed by atoms with E-state index in [1.54, 1.807) is 30.5 Å². The molecular weight excluding hydrogens is 336 g/mol. The second kappa shape index (κ2) is 7.06. The summed E-state index contributed by atoms with van der Waals surface area (Å²) in [5.74, 6) is -0.936. The zero-order valence-corrected chi connectivity index (χ0v) is 14.1. The number of nitrogens with one attached hydrogen (secondary N) is 2. The summed E-state index contributed by atoms with van der Waals surface area (Å²) in [5, 5.41) is 14.5. The van der Waals surface area contributed by atoms with E-state index in [4.69, 9.17) is 4.74 Å². The van der Waals surface area contributed by atoms with Crippen LogP contribution < -0.4 is 15.4 Å². The molecule has 3 N–H and O–H groups in total. The number of carbonyl (C=O) groups excluding carboxylic acids is 1. The highest BCUT2D eigenvalue weighted by atomic mass is 16.5. The van der Waals surface area contributed by atoms with Crippen LogP contribution in [0, 0.1) is 6.92 Å². The first-order valence-electron chi connectivity index (χ1n) is 7.69. The summed E-state index contributed by atoms with van der Waals surface area (Å²) < 4.78 is 5.00. The van der Waals surface area contributed by atoms with Gasteiger partial charge in [0, 0.05) is 17.6 Å². The van der Waals surface area contributed by atoms with Crippen LogP contribution in [0.15, 0.2) is 42.6 Å². The number of aryl methyl sites for hydroxylation is 1. The van der Waals surface area contributed by atoms with Crippen LogP contribution in [0.2, 0.25) is 0 Å². The summed E-state index contributed by atoms with van der Waals surface area (Å²) in [7, 11) is 1.38. The van der Waals surface area contributed by atoms with Crippen LogP contribution in [0.5, 0.6) is 5.75 Å². The Bertz CT molecular complexity index is 1000. The number of carbonyl (C=O) groups is 2. The van der Waals surface area contributed by atoms with Crippen molar-refractivity contribution in [3.63, 3.8) is 0 Å². The number of ether oxygens (including phenoxy) is 1. The molecule has 0 saturated heterocycles. The number of methoxy groups -OCH3 is 1. The second-order valence-electron chi connectivity index (χ2n) is 5.48. The number of hydrogen-bond donors (Lipinski definition) is 3. The van der Waals surface area contributed by atoms with E-state index in [-0.39, 0.29) is 11.3 Å². The van der Waals surface area contributed by atoms with Crippen LogP contribution in [0.25, 0.3) is 11.0 Å². The van der Waals surface area contributed by atoms with Gasteiger partial charge in [0.15, 0.2) is 0 Å². The summed E-state index contributed by atoms with van der Waals surface area (Å²) in [6.45, 7) is 1.82. The predicted molar refractivity (Wildman–Crippen MR) is 96.9 cm³/mol. The molecule has 0 unspecified atom stereocenters. The Hall–Kier alpha value is -3.68. The van der Waals surface area contributed by atoms with Crippen LogP contribution >= 0.6 is 0 Å². The Morgan fingerprint density at radius 3 is 2.69 bits per heavy atom. The van der Waals surface area contributed by atoms with Crippen molar-refractivity contribution in [1.29, 1.82) is 0 Å². The Morgan fingerprint density at radius 1 is 1.15 bits per heavy atom. The number of benzene rings is 1. The minimum absolute atomic E-state index is 0.0443. The van der Waals surface area contributed by atoms with Gasteiger partial charge in [-0.25, -0.2) is 9.59 Å². The normalized spacial score (nSPS) is 10.4. The van der Waals surface area contributed by atoms with Crippen molar-refractivity contribution in [2.75, 3.05) is 17.7 Å². The van der Waals surface area contributed by atoms with Gasteiger partial charge in [-0.15, -0.1) is 0 Å². The number of carboxylic acid groups (broad SMARTS) is 1. The molecule has 26 heavy (non-hydrogen) atoms. The molecule has 0 saturated carbocycles. The number of amides is 2. The fourth-order valence-corrected chi connectivity index (χ4v) is 2.53. The minimum atomic E-state index is -1.15. The van der Waals surface area contributed by atoms with Crippen molar-refractivity contribution >= 4 is 34.4 Å². The van der Waals surface area contributed by atoms with E-state index in [0.29, 0.717) is 22.4 Å². The van der Waals surface area contributed by atoms with Gasteiger partial charge in [0.05, 0.1) is 18.3 Å². The van der Waals surface area contributed by atoms with Gasteiger partial charge in [-0.3, -0.25) is 9.97 Å². The number of fused-ring (bicyclic) bond motifs is 1. The summed E-state index contributed by atoms with van der Waals surface area (Å²) >= 11 is 0. The van der Waals surface area contributed by atoms with Crippen LogP contribution in [0.1, 0.15) is 16.1 Å². The maximum absolute atomic E-state index is 12.3. The monoisotopic (exact) mass is 352 g/mol. The Labute approximate surface area is 148 Å². The molecular formula is C18H16N4O4. The smallest absolute Gasteiger partial charge is 0.339 e. The van der Waals surface area contributed by atoms with Crippen molar-refractivity contribution in [3.8, 4) is 5.75 Å². The number of rotatable bonds is 4. The number of anilines is 2. The lowest BCUT2D eigenvalue weighted by atomic mass is 10.2. The Balaban J connectivity index is 1.84. The van der Waals surface area contributed by atoms with E-state index in [2.05, 4.69) is 20.6 Å². The third kappa shape index (κ3) is 3.54. The fourth-order valence-electron chi connectivity index (χ4n) is 2.53. The third-order valence-electron chi connectivity index (χ3n) is 3.63. The lowest BCUT2D eigenvalue weighted by Crippen LogP contribution is -2.20. The molecule has 0 aliphatic carbocycles. The number of nitrogens with zero attached hydrogens (tertiary/aromatic N) is 2. The average molecular weight is 352 g/mol. The summed E-state index contributed by atoms with van der Waals surface area (Å²) in [4.78, 5) is 32.2. The second-order valence-corrected chi connectivity index (χ2v) is 5.48. The van der Waals surface area contributed by atoms with E-state index in [1.807, 2.05) is 6.92 Å². The van der Waals surface area contributed by atoms with Gasteiger partial charge in [0.1, 0.15) is 16.8 Å².